The van der Waals surface area contributed by atoms with E-state index < -0.39 is 5.60 Å². The molecule has 7 nitrogen and oxygen atoms in total. The highest BCUT2D eigenvalue weighted by Gasteiger charge is 2.32. The largest absolute Gasteiger partial charge is 0.497 e. The number of nitrogens with zero attached hydrogens (tertiary/aromatic N) is 3. The maximum Gasteiger partial charge on any atom is 0.410 e. The Hall–Kier alpha value is -3.22. The highest BCUT2D eigenvalue weighted by Crippen LogP contribution is 2.26. The zero-order valence-electron chi connectivity index (χ0n) is 18.5. The first-order valence-corrected chi connectivity index (χ1v) is 10.6. The van der Waals surface area contributed by atoms with Crippen LogP contribution in [0.3, 0.4) is 0 Å². The van der Waals surface area contributed by atoms with Crippen LogP contribution in [0, 0.1) is 0 Å². The molecule has 3 aromatic rings. The zero-order valence-corrected chi connectivity index (χ0v) is 18.5. The number of hydrogen-bond acceptors (Lipinski definition) is 5. The molecule has 1 aliphatic rings. The molecule has 1 amide bonds. The number of para-hydroxylation sites is 2. The molecule has 0 bridgehead atoms. The minimum Gasteiger partial charge on any atom is -0.497 e. The number of ether oxygens (including phenoxy) is 3. The number of rotatable bonds is 5. The van der Waals surface area contributed by atoms with Gasteiger partial charge in [0.15, 0.2) is 0 Å². The molecule has 1 aliphatic heterocycles. The summed E-state index contributed by atoms with van der Waals surface area (Å²) < 4.78 is 19.1. The number of carbonyl (C=O) groups excluding carboxylic acids is 1. The van der Waals surface area contributed by atoms with Gasteiger partial charge >= 0.3 is 6.09 Å². The molecule has 0 saturated carbocycles. The fraction of sp³-hybridized carbons (Fsp3) is 0.417. The van der Waals surface area contributed by atoms with Gasteiger partial charge in [0.25, 0.3) is 6.01 Å². The fourth-order valence-electron chi connectivity index (χ4n) is 3.68. The maximum atomic E-state index is 12.4. The van der Waals surface area contributed by atoms with Crippen molar-refractivity contribution in [2.75, 3.05) is 20.2 Å². The number of aromatic nitrogens is 2. The van der Waals surface area contributed by atoms with Gasteiger partial charge < -0.3 is 19.1 Å². The molecule has 4 rings (SSSR count). The molecule has 1 fully saturated rings. The molecule has 0 spiro atoms. The van der Waals surface area contributed by atoms with E-state index in [0.29, 0.717) is 25.6 Å². The summed E-state index contributed by atoms with van der Waals surface area (Å²) >= 11 is 0. The Morgan fingerprint density at radius 1 is 1.13 bits per heavy atom. The average molecular weight is 424 g/mol. The minimum atomic E-state index is -0.512. The Kier molecular flexibility index (Phi) is 5.76. The first-order valence-electron chi connectivity index (χ1n) is 10.6. The smallest absolute Gasteiger partial charge is 0.410 e. The lowest BCUT2D eigenvalue weighted by atomic mass is 10.2. The summed E-state index contributed by atoms with van der Waals surface area (Å²) in [4.78, 5) is 18.8. The van der Waals surface area contributed by atoms with Crippen LogP contribution in [-0.4, -0.2) is 52.4 Å². The van der Waals surface area contributed by atoms with Crippen LogP contribution in [0.15, 0.2) is 48.5 Å². The topological polar surface area (TPSA) is 65.8 Å². The summed E-state index contributed by atoms with van der Waals surface area (Å²) in [5.41, 5.74) is 2.50. The third kappa shape index (κ3) is 4.93. The molecule has 1 aromatic heterocycles. The van der Waals surface area contributed by atoms with E-state index in [2.05, 4.69) is 4.57 Å². The Labute approximate surface area is 182 Å². The van der Waals surface area contributed by atoms with Crippen LogP contribution < -0.4 is 9.47 Å². The lowest BCUT2D eigenvalue weighted by molar-refractivity contribution is 0.0273. The van der Waals surface area contributed by atoms with Crippen molar-refractivity contribution in [2.24, 2.45) is 0 Å². The van der Waals surface area contributed by atoms with E-state index in [4.69, 9.17) is 19.2 Å². The third-order valence-corrected chi connectivity index (χ3v) is 5.19. The predicted molar refractivity (Wildman–Crippen MR) is 119 cm³/mol. The van der Waals surface area contributed by atoms with Gasteiger partial charge in [-0.2, -0.15) is 4.98 Å². The van der Waals surface area contributed by atoms with Gasteiger partial charge in [-0.05, 0) is 50.6 Å². The fourth-order valence-corrected chi connectivity index (χ4v) is 3.68. The standard InChI is InChI=1S/C24H29N3O4/c1-24(2,3)31-23(28)26-14-13-19(16-26)30-22-25-20-7-5-6-8-21(20)27(22)15-17-9-11-18(29-4)12-10-17/h5-12,19H,13-16H2,1-4H3/t19-/m0/s1. The Bertz CT molecular complexity index is 1050. The highest BCUT2D eigenvalue weighted by molar-refractivity contribution is 5.76. The second kappa shape index (κ2) is 8.49. The van der Waals surface area contributed by atoms with Crippen molar-refractivity contribution in [3.05, 3.63) is 54.1 Å². The second-order valence-electron chi connectivity index (χ2n) is 8.77. The van der Waals surface area contributed by atoms with Gasteiger partial charge in [-0.25, -0.2) is 4.79 Å². The zero-order chi connectivity index (χ0) is 22.0. The van der Waals surface area contributed by atoms with Crippen molar-refractivity contribution < 1.29 is 19.0 Å². The van der Waals surface area contributed by atoms with E-state index in [0.717, 1.165) is 28.8 Å². The van der Waals surface area contributed by atoms with Gasteiger partial charge in [-0.1, -0.05) is 24.3 Å². The Balaban J connectivity index is 1.52. The van der Waals surface area contributed by atoms with Crippen LogP contribution in [0.4, 0.5) is 4.79 Å². The molecule has 1 atom stereocenters. The summed E-state index contributed by atoms with van der Waals surface area (Å²) in [5, 5.41) is 0. The quantitative estimate of drug-likeness (QED) is 0.605. The molecule has 7 heteroatoms. The molecule has 2 heterocycles. The van der Waals surface area contributed by atoms with Crippen LogP contribution >= 0.6 is 0 Å². The molecule has 164 valence electrons. The summed E-state index contributed by atoms with van der Waals surface area (Å²) in [6.07, 6.45) is 0.314. The molecule has 0 unspecified atom stereocenters. The van der Waals surface area contributed by atoms with Gasteiger partial charge in [0.1, 0.15) is 17.5 Å². The number of likely N-dealkylation sites (tertiary alicyclic amines) is 1. The van der Waals surface area contributed by atoms with E-state index in [-0.39, 0.29) is 12.2 Å². The number of benzene rings is 2. The van der Waals surface area contributed by atoms with Crippen molar-refractivity contribution in [1.82, 2.24) is 14.5 Å². The van der Waals surface area contributed by atoms with Gasteiger partial charge in [-0.3, -0.25) is 4.57 Å². The van der Waals surface area contributed by atoms with E-state index in [1.165, 1.54) is 0 Å². The Morgan fingerprint density at radius 3 is 2.58 bits per heavy atom. The molecule has 0 radical (unpaired) electrons. The molecule has 0 N–H and O–H groups in total. The van der Waals surface area contributed by atoms with Crippen molar-refractivity contribution in [1.29, 1.82) is 0 Å². The SMILES string of the molecule is COc1ccc(Cn2c(O[C@H]3CCN(C(=O)OC(C)(C)C)C3)nc3ccccc32)cc1. The number of hydrogen-bond donors (Lipinski definition) is 0. The summed E-state index contributed by atoms with van der Waals surface area (Å²) in [6.45, 7) is 7.34. The monoisotopic (exact) mass is 423 g/mol. The second-order valence-corrected chi connectivity index (χ2v) is 8.77. The lowest BCUT2D eigenvalue weighted by Gasteiger charge is -2.24. The van der Waals surface area contributed by atoms with Crippen molar-refractivity contribution in [2.45, 2.75) is 45.4 Å². The van der Waals surface area contributed by atoms with Crippen molar-refractivity contribution >= 4 is 17.1 Å². The van der Waals surface area contributed by atoms with E-state index in [1.54, 1.807) is 12.0 Å². The summed E-state index contributed by atoms with van der Waals surface area (Å²) in [6, 6.07) is 16.5. The number of carbonyl (C=O) groups is 1. The van der Waals surface area contributed by atoms with E-state index in [9.17, 15) is 4.79 Å². The predicted octanol–water partition coefficient (Wildman–Crippen LogP) is 4.48. The molecule has 0 aliphatic carbocycles. The number of methoxy groups -OCH3 is 1. The van der Waals surface area contributed by atoms with Crippen LogP contribution in [0.1, 0.15) is 32.8 Å². The molecular weight excluding hydrogens is 394 g/mol. The van der Waals surface area contributed by atoms with Crippen molar-refractivity contribution in [3.63, 3.8) is 0 Å². The number of imidazole rings is 1. The van der Waals surface area contributed by atoms with Crippen LogP contribution in [0.5, 0.6) is 11.8 Å². The van der Waals surface area contributed by atoms with Crippen LogP contribution in [0.25, 0.3) is 11.0 Å². The molecular formula is C24H29N3O4. The summed E-state index contributed by atoms with van der Waals surface area (Å²) in [5.74, 6) is 0.823. The van der Waals surface area contributed by atoms with Gasteiger partial charge in [0, 0.05) is 13.0 Å². The Morgan fingerprint density at radius 2 is 1.87 bits per heavy atom. The lowest BCUT2D eigenvalue weighted by Crippen LogP contribution is -2.36. The van der Waals surface area contributed by atoms with Crippen molar-refractivity contribution in [3.8, 4) is 11.8 Å². The first kappa shape index (κ1) is 21.0. The van der Waals surface area contributed by atoms with Crippen LogP contribution in [-0.2, 0) is 11.3 Å². The third-order valence-electron chi connectivity index (χ3n) is 5.19. The van der Waals surface area contributed by atoms with Crippen LogP contribution in [0.2, 0.25) is 0 Å². The van der Waals surface area contributed by atoms with Gasteiger partial charge in [0.05, 0.1) is 31.2 Å². The van der Waals surface area contributed by atoms with Gasteiger partial charge in [-0.15, -0.1) is 0 Å². The number of amides is 1. The normalized spacial score (nSPS) is 16.5. The van der Waals surface area contributed by atoms with E-state index in [1.807, 2.05) is 69.3 Å². The number of fused-ring (bicyclic) bond motifs is 1. The summed E-state index contributed by atoms with van der Waals surface area (Å²) in [7, 11) is 1.66. The van der Waals surface area contributed by atoms with E-state index >= 15 is 0 Å². The van der Waals surface area contributed by atoms with Gasteiger partial charge in [0.2, 0.25) is 0 Å². The maximum absolute atomic E-state index is 12.4. The highest BCUT2D eigenvalue weighted by atomic mass is 16.6. The molecule has 31 heavy (non-hydrogen) atoms. The molecule has 2 aromatic carbocycles. The average Bonchev–Trinajstić information content (AvgIpc) is 3.33. The molecule has 1 saturated heterocycles. The first-order chi connectivity index (χ1) is 14.8. The minimum absolute atomic E-state index is 0.126.